The highest BCUT2D eigenvalue weighted by molar-refractivity contribution is 6.01. The number of esters is 2. The lowest BCUT2D eigenvalue weighted by Crippen LogP contribution is -2.24. The zero-order valence-corrected chi connectivity index (χ0v) is 14.5. The van der Waals surface area contributed by atoms with Crippen molar-refractivity contribution in [3.05, 3.63) is 64.5 Å². The number of carbonyl (C=O) groups excluding carboxylic acids is 3. The SMILES string of the molecule is COC(=O)c1ccc(C(=O)OC(C)C(=O)c2ccc(C)c(C)c2)cn1. The lowest BCUT2D eigenvalue weighted by molar-refractivity contribution is 0.0318. The number of aromatic nitrogens is 1. The fraction of sp³-hybridized carbons (Fsp3) is 0.263. The van der Waals surface area contributed by atoms with Crippen LogP contribution in [0.15, 0.2) is 36.5 Å². The Hall–Kier alpha value is -3.02. The van der Waals surface area contributed by atoms with E-state index >= 15 is 0 Å². The minimum absolute atomic E-state index is 0.0818. The smallest absolute Gasteiger partial charge is 0.356 e. The van der Waals surface area contributed by atoms with Crippen molar-refractivity contribution < 1.29 is 23.9 Å². The molecule has 1 atom stereocenters. The second-order valence-corrected chi connectivity index (χ2v) is 5.63. The van der Waals surface area contributed by atoms with E-state index in [1.165, 1.54) is 32.4 Å². The van der Waals surface area contributed by atoms with Gasteiger partial charge in [0.2, 0.25) is 5.78 Å². The third kappa shape index (κ3) is 4.29. The van der Waals surface area contributed by atoms with Gasteiger partial charge in [0.05, 0.1) is 12.7 Å². The van der Waals surface area contributed by atoms with Crippen LogP contribution in [0.5, 0.6) is 0 Å². The number of Topliss-reactive ketones (excluding diaryl/α,β-unsaturated/α-hetero) is 1. The van der Waals surface area contributed by atoms with E-state index in [1.807, 2.05) is 19.9 Å². The molecule has 130 valence electrons. The van der Waals surface area contributed by atoms with Gasteiger partial charge in [0, 0.05) is 11.8 Å². The molecule has 25 heavy (non-hydrogen) atoms. The molecule has 1 aromatic heterocycles. The van der Waals surface area contributed by atoms with Crippen molar-refractivity contribution in [2.75, 3.05) is 7.11 Å². The molecule has 1 heterocycles. The number of ketones is 1. The van der Waals surface area contributed by atoms with Crippen LogP contribution < -0.4 is 0 Å². The van der Waals surface area contributed by atoms with Crippen molar-refractivity contribution in [3.8, 4) is 0 Å². The van der Waals surface area contributed by atoms with Gasteiger partial charge >= 0.3 is 11.9 Å². The second-order valence-electron chi connectivity index (χ2n) is 5.63. The third-order valence-electron chi connectivity index (χ3n) is 3.84. The van der Waals surface area contributed by atoms with Gasteiger partial charge in [-0.25, -0.2) is 14.6 Å². The molecular formula is C19H19NO5. The van der Waals surface area contributed by atoms with Crippen molar-refractivity contribution in [1.82, 2.24) is 4.98 Å². The number of pyridine rings is 1. The molecule has 0 N–H and O–H groups in total. The molecule has 6 nitrogen and oxygen atoms in total. The van der Waals surface area contributed by atoms with E-state index < -0.39 is 18.0 Å². The zero-order valence-electron chi connectivity index (χ0n) is 14.5. The van der Waals surface area contributed by atoms with Crippen LogP contribution in [0.3, 0.4) is 0 Å². The summed E-state index contributed by atoms with van der Waals surface area (Å²) in [5.41, 5.74) is 2.79. The average molecular weight is 341 g/mol. The van der Waals surface area contributed by atoms with Gasteiger partial charge in [0.1, 0.15) is 5.69 Å². The van der Waals surface area contributed by atoms with E-state index in [0.29, 0.717) is 5.56 Å². The van der Waals surface area contributed by atoms with Crippen molar-refractivity contribution >= 4 is 17.7 Å². The highest BCUT2D eigenvalue weighted by Crippen LogP contribution is 2.14. The van der Waals surface area contributed by atoms with Crippen LogP contribution >= 0.6 is 0 Å². The van der Waals surface area contributed by atoms with Crippen molar-refractivity contribution in [3.63, 3.8) is 0 Å². The average Bonchev–Trinajstić information content (AvgIpc) is 2.62. The van der Waals surface area contributed by atoms with Crippen LogP contribution in [-0.2, 0) is 9.47 Å². The number of hydrogen-bond donors (Lipinski definition) is 0. The molecular weight excluding hydrogens is 322 g/mol. The summed E-state index contributed by atoms with van der Waals surface area (Å²) in [5.74, 6) is -1.57. The van der Waals surface area contributed by atoms with Gasteiger partial charge in [0.15, 0.2) is 6.10 Å². The predicted octanol–water partition coefficient (Wildman–Crippen LogP) is 2.91. The molecule has 0 saturated heterocycles. The maximum absolute atomic E-state index is 12.4. The van der Waals surface area contributed by atoms with Crippen LogP contribution in [0.25, 0.3) is 0 Å². The van der Waals surface area contributed by atoms with Gasteiger partial charge in [0.25, 0.3) is 0 Å². The van der Waals surface area contributed by atoms with Gasteiger partial charge < -0.3 is 9.47 Å². The van der Waals surface area contributed by atoms with Crippen LogP contribution in [0, 0.1) is 13.8 Å². The number of ether oxygens (including phenoxy) is 2. The quantitative estimate of drug-likeness (QED) is 0.614. The fourth-order valence-corrected chi connectivity index (χ4v) is 2.15. The number of hydrogen-bond acceptors (Lipinski definition) is 6. The predicted molar refractivity (Wildman–Crippen MR) is 90.7 cm³/mol. The summed E-state index contributed by atoms with van der Waals surface area (Å²) in [6.45, 7) is 5.39. The fourth-order valence-electron chi connectivity index (χ4n) is 2.15. The summed E-state index contributed by atoms with van der Waals surface area (Å²) in [6.07, 6.45) is 0.275. The Morgan fingerprint density at radius 1 is 0.960 bits per heavy atom. The molecule has 0 amide bonds. The lowest BCUT2D eigenvalue weighted by Gasteiger charge is -2.13. The number of carbonyl (C=O) groups is 3. The van der Waals surface area contributed by atoms with E-state index in [0.717, 1.165) is 11.1 Å². The standard InChI is InChI=1S/C19H19NO5/c1-11-5-6-14(9-12(11)2)17(21)13(3)25-18(22)15-7-8-16(20-10-15)19(23)24-4/h5-10,13H,1-4H3. The Bertz CT molecular complexity index is 811. The van der Waals surface area contributed by atoms with E-state index in [2.05, 4.69) is 9.72 Å². The number of rotatable bonds is 5. The van der Waals surface area contributed by atoms with Crippen LogP contribution in [0.4, 0.5) is 0 Å². The van der Waals surface area contributed by atoms with Gasteiger partial charge in [-0.3, -0.25) is 4.79 Å². The van der Waals surface area contributed by atoms with Crippen LogP contribution in [0.1, 0.15) is 49.3 Å². The van der Waals surface area contributed by atoms with E-state index in [-0.39, 0.29) is 17.0 Å². The monoisotopic (exact) mass is 341 g/mol. The molecule has 2 aromatic rings. The number of aryl methyl sites for hydroxylation is 2. The highest BCUT2D eigenvalue weighted by Gasteiger charge is 2.21. The normalized spacial score (nSPS) is 11.5. The van der Waals surface area contributed by atoms with Gasteiger partial charge in [-0.15, -0.1) is 0 Å². The minimum atomic E-state index is -0.935. The van der Waals surface area contributed by atoms with Gasteiger partial charge in [-0.2, -0.15) is 0 Å². The first-order chi connectivity index (χ1) is 11.8. The molecule has 0 aliphatic rings. The molecule has 6 heteroatoms. The van der Waals surface area contributed by atoms with E-state index in [4.69, 9.17) is 4.74 Å². The van der Waals surface area contributed by atoms with Crippen LogP contribution in [0.2, 0.25) is 0 Å². The molecule has 0 saturated carbocycles. The van der Waals surface area contributed by atoms with Gasteiger partial charge in [-0.1, -0.05) is 12.1 Å². The second kappa shape index (κ2) is 7.70. The summed E-state index contributed by atoms with van der Waals surface area (Å²) in [5, 5.41) is 0. The van der Waals surface area contributed by atoms with Crippen molar-refractivity contribution in [1.29, 1.82) is 0 Å². The van der Waals surface area contributed by atoms with E-state index in [1.54, 1.807) is 12.1 Å². The highest BCUT2D eigenvalue weighted by atomic mass is 16.5. The summed E-state index contributed by atoms with van der Waals surface area (Å²) in [4.78, 5) is 39.7. The molecule has 2 rings (SSSR count). The Balaban J connectivity index is 2.07. The molecule has 0 radical (unpaired) electrons. The van der Waals surface area contributed by atoms with Crippen LogP contribution in [-0.4, -0.2) is 35.9 Å². The largest absolute Gasteiger partial charge is 0.464 e. The molecule has 0 aliphatic carbocycles. The first-order valence-electron chi connectivity index (χ1n) is 7.70. The third-order valence-corrected chi connectivity index (χ3v) is 3.84. The summed E-state index contributed by atoms with van der Waals surface area (Å²) in [6, 6.07) is 8.09. The number of nitrogens with zero attached hydrogens (tertiary/aromatic N) is 1. The molecule has 0 fully saturated rings. The Labute approximate surface area is 145 Å². The van der Waals surface area contributed by atoms with Gasteiger partial charge in [-0.05, 0) is 50.1 Å². The topological polar surface area (TPSA) is 82.6 Å². The van der Waals surface area contributed by atoms with E-state index in [9.17, 15) is 14.4 Å². The summed E-state index contributed by atoms with van der Waals surface area (Å²) in [7, 11) is 1.24. The Morgan fingerprint density at radius 3 is 2.20 bits per heavy atom. The zero-order chi connectivity index (χ0) is 18.6. The molecule has 0 spiro atoms. The van der Waals surface area contributed by atoms with Crippen molar-refractivity contribution in [2.24, 2.45) is 0 Å². The first kappa shape index (κ1) is 18.3. The Kier molecular flexibility index (Phi) is 5.64. The number of methoxy groups -OCH3 is 1. The first-order valence-corrected chi connectivity index (χ1v) is 7.70. The summed E-state index contributed by atoms with van der Waals surface area (Å²) < 4.78 is 9.74. The van der Waals surface area contributed by atoms with Crippen molar-refractivity contribution in [2.45, 2.75) is 26.9 Å². The minimum Gasteiger partial charge on any atom is -0.464 e. The molecule has 0 bridgehead atoms. The number of benzene rings is 1. The summed E-state index contributed by atoms with van der Waals surface area (Å²) >= 11 is 0. The lowest BCUT2D eigenvalue weighted by atomic mass is 10.0. The molecule has 1 unspecified atom stereocenters. The molecule has 0 aliphatic heterocycles. The maximum Gasteiger partial charge on any atom is 0.356 e. The Morgan fingerprint density at radius 2 is 1.64 bits per heavy atom. The maximum atomic E-state index is 12.4. The molecule has 1 aromatic carbocycles.